The van der Waals surface area contributed by atoms with Crippen LogP contribution in [0.5, 0.6) is 0 Å². The Kier molecular flexibility index (Phi) is 6.42. The molecule has 1 aromatic rings. The molecule has 0 bridgehead atoms. The van der Waals surface area contributed by atoms with Gasteiger partial charge in [-0.15, -0.1) is 0 Å². The zero-order valence-electron chi connectivity index (χ0n) is 15.3. The minimum atomic E-state index is -0.220. The monoisotopic (exact) mass is 347 g/mol. The molecule has 0 saturated carbocycles. The third-order valence-electron chi connectivity index (χ3n) is 4.90. The van der Waals surface area contributed by atoms with Gasteiger partial charge in [0.05, 0.1) is 25.9 Å². The lowest BCUT2D eigenvalue weighted by Crippen LogP contribution is -2.53. The summed E-state index contributed by atoms with van der Waals surface area (Å²) in [7, 11) is 3.93. The standard InChI is InChI=1S/C19H29N3O3/c1-20(2)18(16-6-4-3-5-7-16)19(23)22-10-8-21(9-11-22)14-17-15-24-12-13-25-17/h3-7,17-18H,8-15H2,1-2H3/t17-,18-/m1/s1. The molecule has 0 radical (unpaired) electrons. The van der Waals surface area contributed by atoms with Gasteiger partial charge < -0.3 is 14.4 Å². The van der Waals surface area contributed by atoms with Gasteiger partial charge >= 0.3 is 0 Å². The second-order valence-corrected chi connectivity index (χ2v) is 6.97. The molecule has 2 fully saturated rings. The molecular weight excluding hydrogens is 318 g/mol. The van der Waals surface area contributed by atoms with Crippen LogP contribution in [0.25, 0.3) is 0 Å². The number of hydrogen-bond donors (Lipinski definition) is 0. The van der Waals surface area contributed by atoms with Gasteiger partial charge in [0.25, 0.3) is 0 Å². The fourth-order valence-electron chi connectivity index (χ4n) is 3.55. The molecule has 1 aromatic carbocycles. The van der Waals surface area contributed by atoms with Gasteiger partial charge in [-0.05, 0) is 19.7 Å². The molecule has 0 aliphatic carbocycles. The fraction of sp³-hybridized carbons (Fsp3) is 0.632. The molecule has 0 spiro atoms. The SMILES string of the molecule is CN(C)[C@@H](C(=O)N1CCN(C[C@@H]2COCCO2)CC1)c1ccccc1. The first kappa shape index (κ1) is 18.3. The average molecular weight is 347 g/mol. The van der Waals surface area contributed by atoms with Gasteiger partial charge in [-0.2, -0.15) is 0 Å². The predicted octanol–water partition coefficient (Wildman–Crippen LogP) is 0.849. The largest absolute Gasteiger partial charge is 0.376 e. The Balaban J connectivity index is 1.55. The topological polar surface area (TPSA) is 45.3 Å². The van der Waals surface area contributed by atoms with Crippen molar-refractivity contribution >= 4 is 5.91 Å². The third kappa shape index (κ3) is 4.79. The summed E-state index contributed by atoms with van der Waals surface area (Å²) in [4.78, 5) is 19.4. The van der Waals surface area contributed by atoms with Gasteiger partial charge in [0, 0.05) is 32.7 Å². The van der Waals surface area contributed by atoms with Crippen LogP contribution in [0.1, 0.15) is 11.6 Å². The second kappa shape index (κ2) is 8.76. The van der Waals surface area contributed by atoms with Crippen LogP contribution in [0.3, 0.4) is 0 Å². The smallest absolute Gasteiger partial charge is 0.244 e. The van der Waals surface area contributed by atoms with Crippen LogP contribution in [0, 0.1) is 0 Å². The molecule has 0 aromatic heterocycles. The minimum absolute atomic E-state index is 0.162. The molecule has 2 aliphatic rings. The van der Waals surface area contributed by atoms with Crippen molar-refractivity contribution in [3.05, 3.63) is 35.9 Å². The number of likely N-dealkylation sites (N-methyl/N-ethyl adjacent to an activating group) is 1. The van der Waals surface area contributed by atoms with E-state index in [-0.39, 0.29) is 18.1 Å². The number of benzene rings is 1. The van der Waals surface area contributed by atoms with E-state index in [1.807, 2.05) is 54.2 Å². The molecule has 0 N–H and O–H groups in total. The van der Waals surface area contributed by atoms with Crippen LogP contribution in [0.4, 0.5) is 0 Å². The van der Waals surface area contributed by atoms with E-state index < -0.39 is 0 Å². The zero-order chi connectivity index (χ0) is 17.6. The van der Waals surface area contributed by atoms with Gasteiger partial charge in [0.15, 0.2) is 0 Å². The Hall–Kier alpha value is -1.47. The Morgan fingerprint density at radius 2 is 1.88 bits per heavy atom. The molecular formula is C19H29N3O3. The summed E-state index contributed by atoms with van der Waals surface area (Å²) in [5, 5.41) is 0. The lowest BCUT2D eigenvalue weighted by Gasteiger charge is -2.39. The van der Waals surface area contributed by atoms with E-state index in [1.165, 1.54) is 0 Å². The molecule has 25 heavy (non-hydrogen) atoms. The molecule has 1 amide bonds. The van der Waals surface area contributed by atoms with Gasteiger partial charge in [-0.3, -0.25) is 14.6 Å². The lowest BCUT2D eigenvalue weighted by molar-refractivity contribution is -0.139. The number of carbonyl (C=O) groups is 1. The van der Waals surface area contributed by atoms with Crippen LogP contribution in [-0.4, -0.2) is 93.4 Å². The highest BCUT2D eigenvalue weighted by Gasteiger charge is 2.30. The predicted molar refractivity (Wildman–Crippen MR) is 96.4 cm³/mol. The fourth-order valence-corrected chi connectivity index (χ4v) is 3.55. The highest BCUT2D eigenvalue weighted by Crippen LogP contribution is 2.21. The molecule has 6 nitrogen and oxygen atoms in total. The van der Waals surface area contributed by atoms with E-state index >= 15 is 0 Å². The summed E-state index contributed by atoms with van der Waals surface area (Å²) in [5.74, 6) is 0.188. The highest BCUT2D eigenvalue weighted by molar-refractivity contribution is 5.83. The number of carbonyl (C=O) groups excluding carboxylic acids is 1. The zero-order valence-corrected chi connectivity index (χ0v) is 15.3. The maximum absolute atomic E-state index is 13.1. The number of rotatable bonds is 5. The van der Waals surface area contributed by atoms with Gasteiger partial charge in [0.2, 0.25) is 5.91 Å². The van der Waals surface area contributed by atoms with Crippen LogP contribution in [0.2, 0.25) is 0 Å². The molecule has 2 saturated heterocycles. The van der Waals surface area contributed by atoms with Gasteiger partial charge in [0.1, 0.15) is 6.04 Å². The summed E-state index contributed by atoms with van der Waals surface area (Å²) in [6.07, 6.45) is 0.162. The first-order chi connectivity index (χ1) is 12.1. The van der Waals surface area contributed by atoms with E-state index in [4.69, 9.17) is 9.47 Å². The van der Waals surface area contributed by atoms with E-state index in [9.17, 15) is 4.79 Å². The lowest BCUT2D eigenvalue weighted by atomic mass is 10.0. The van der Waals surface area contributed by atoms with Crippen molar-refractivity contribution < 1.29 is 14.3 Å². The minimum Gasteiger partial charge on any atom is -0.376 e. The number of piperazine rings is 1. The van der Waals surface area contributed by atoms with Crippen LogP contribution in [0.15, 0.2) is 30.3 Å². The quantitative estimate of drug-likeness (QED) is 0.790. The molecule has 138 valence electrons. The highest BCUT2D eigenvalue weighted by atomic mass is 16.6. The maximum atomic E-state index is 13.1. The average Bonchev–Trinajstić information content (AvgIpc) is 2.64. The van der Waals surface area contributed by atoms with E-state index in [1.54, 1.807) is 0 Å². The summed E-state index contributed by atoms with van der Waals surface area (Å²) in [6, 6.07) is 9.80. The van der Waals surface area contributed by atoms with Crippen molar-refractivity contribution in [3.63, 3.8) is 0 Å². The van der Waals surface area contributed by atoms with Crippen LogP contribution in [-0.2, 0) is 14.3 Å². The molecule has 2 atom stereocenters. The van der Waals surface area contributed by atoms with E-state index in [2.05, 4.69) is 4.90 Å². The molecule has 6 heteroatoms. The van der Waals surface area contributed by atoms with Crippen molar-refractivity contribution in [2.24, 2.45) is 0 Å². The van der Waals surface area contributed by atoms with Crippen molar-refractivity contribution in [3.8, 4) is 0 Å². The van der Waals surface area contributed by atoms with Crippen molar-refractivity contribution in [1.82, 2.24) is 14.7 Å². The molecule has 2 heterocycles. The normalized spacial score (nSPS) is 23.6. The Morgan fingerprint density at radius 3 is 2.48 bits per heavy atom. The Morgan fingerprint density at radius 1 is 1.16 bits per heavy atom. The van der Waals surface area contributed by atoms with Crippen molar-refractivity contribution in [1.29, 1.82) is 0 Å². The number of hydrogen-bond acceptors (Lipinski definition) is 5. The molecule has 0 unspecified atom stereocenters. The maximum Gasteiger partial charge on any atom is 0.244 e. The molecule has 2 aliphatic heterocycles. The first-order valence-electron chi connectivity index (χ1n) is 9.07. The number of nitrogens with zero attached hydrogens (tertiary/aromatic N) is 3. The van der Waals surface area contributed by atoms with Crippen LogP contribution >= 0.6 is 0 Å². The summed E-state index contributed by atoms with van der Waals surface area (Å²) in [6.45, 7) is 6.26. The summed E-state index contributed by atoms with van der Waals surface area (Å²) >= 11 is 0. The summed E-state index contributed by atoms with van der Waals surface area (Å²) in [5.41, 5.74) is 1.05. The third-order valence-corrected chi connectivity index (χ3v) is 4.90. The summed E-state index contributed by atoms with van der Waals surface area (Å²) < 4.78 is 11.2. The number of amides is 1. The van der Waals surface area contributed by atoms with E-state index in [0.717, 1.165) is 38.3 Å². The van der Waals surface area contributed by atoms with Crippen molar-refractivity contribution in [2.45, 2.75) is 12.1 Å². The van der Waals surface area contributed by atoms with Crippen LogP contribution < -0.4 is 0 Å². The number of ether oxygens (including phenoxy) is 2. The second-order valence-electron chi connectivity index (χ2n) is 6.97. The van der Waals surface area contributed by atoms with Crippen molar-refractivity contribution in [2.75, 3.05) is 66.6 Å². The Bertz CT molecular complexity index is 538. The van der Waals surface area contributed by atoms with Gasteiger partial charge in [-0.25, -0.2) is 0 Å². The molecule has 3 rings (SSSR count). The first-order valence-corrected chi connectivity index (χ1v) is 9.07. The van der Waals surface area contributed by atoms with Gasteiger partial charge in [-0.1, -0.05) is 30.3 Å². The Labute approximate surface area is 150 Å². The van der Waals surface area contributed by atoms with E-state index in [0.29, 0.717) is 19.8 Å².